The molecule has 0 aliphatic carbocycles. The zero-order chi connectivity index (χ0) is 25.2. The molecule has 0 saturated heterocycles. The van der Waals surface area contributed by atoms with E-state index in [1.165, 1.54) is 0 Å². The molecule has 180 valence electrons. The molecule has 2 aromatic carbocycles. The summed E-state index contributed by atoms with van der Waals surface area (Å²) in [6.07, 6.45) is 3.30. The van der Waals surface area contributed by atoms with Crippen molar-refractivity contribution in [2.24, 2.45) is 10.7 Å². The van der Waals surface area contributed by atoms with Crippen LogP contribution in [0.4, 0.5) is 11.4 Å². The molecule has 35 heavy (non-hydrogen) atoms. The second-order valence-corrected chi connectivity index (χ2v) is 9.52. The normalized spacial score (nSPS) is 16.8. The number of nitrogen functional groups attached to an aromatic ring is 1. The van der Waals surface area contributed by atoms with Crippen molar-refractivity contribution < 1.29 is 4.74 Å². The molecule has 5 N–H and O–H groups in total. The summed E-state index contributed by atoms with van der Waals surface area (Å²) in [5, 5.41) is 3.60. The van der Waals surface area contributed by atoms with E-state index in [0.717, 1.165) is 22.5 Å². The van der Waals surface area contributed by atoms with E-state index >= 15 is 0 Å². The molecular weight excluding hydrogens is 460 g/mol. The topological polar surface area (TPSA) is 102 Å². The fourth-order valence-electron chi connectivity index (χ4n) is 3.48. The largest absolute Gasteiger partial charge is 0.486 e. The number of nitrogens with two attached hydrogens (primary N) is 2. The molecule has 0 bridgehead atoms. The number of ether oxygens (including phenoxy) is 1. The van der Waals surface area contributed by atoms with Crippen LogP contribution in [0.1, 0.15) is 36.2 Å². The van der Waals surface area contributed by atoms with Crippen molar-refractivity contribution in [2.75, 3.05) is 25.1 Å². The van der Waals surface area contributed by atoms with Crippen LogP contribution in [0, 0.1) is 11.8 Å². The minimum Gasteiger partial charge on any atom is -0.486 e. The van der Waals surface area contributed by atoms with Gasteiger partial charge in [0.15, 0.2) is 5.66 Å². The lowest BCUT2D eigenvalue weighted by Gasteiger charge is -2.32. The van der Waals surface area contributed by atoms with Crippen molar-refractivity contribution in [1.29, 1.82) is 0 Å². The second kappa shape index (κ2) is 9.59. The summed E-state index contributed by atoms with van der Waals surface area (Å²) in [6.45, 7) is 4.42. The monoisotopic (exact) mass is 488 g/mol. The zero-order valence-corrected chi connectivity index (χ0v) is 21.0. The third-order valence-electron chi connectivity index (χ3n) is 6.18. The number of aromatic nitrogens is 1. The van der Waals surface area contributed by atoms with E-state index in [-0.39, 0.29) is 5.54 Å². The Bertz CT molecular complexity index is 1330. The Labute approximate surface area is 211 Å². The number of benzene rings is 2. The molecule has 1 aromatic heterocycles. The lowest BCUT2D eigenvalue weighted by atomic mass is 9.88. The van der Waals surface area contributed by atoms with Crippen molar-refractivity contribution in [1.82, 2.24) is 9.88 Å². The van der Waals surface area contributed by atoms with Gasteiger partial charge in [-0.15, -0.1) is 0 Å². The summed E-state index contributed by atoms with van der Waals surface area (Å²) >= 11 is 6.55. The Hall–Kier alpha value is -3.57. The fraction of sp³-hybridized carbons (Fsp3) is 0.259. The molecule has 1 atom stereocenters. The number of nitrogens with zero attached hydrogens (tertiary/aromatic N) is 3. The van der Waals surface area contributed by atoms with Gasteiger partial charge >= 0.3 is 0 Å². The molecule has 2 heterocycles. The SMILES string of the molecule is CN(C)C(C)(C)C#Cc1cc2c(cc1N)C(N)(c1ccc(OCc3ccccn3)c(Cl)c1)N=CN2. The van der Waals surface area contributed by atoms with Crippen LogP contribution < -0.4 is 21.5 Å². The van der Waals surface area contributed by atoms with Gasteiger partial charge in [0.2, 0.25) is 0 Å². The number of aliphatic imine (C=N–C) groups is 1. The average molecular weight is 489 g/mol. The summed E-state index contributed by atoms with van der Waals surface area (Å²) in [5.41, 5.74) is 16.0. The average Bonchev–Trinajstić information content (AvgIpc) is 2.83. The van der Waals surface area contributed by atoms with Crippen LogP contribution in [-0.4, -0.2) is 35.9 Å². The van der Waals surface area contributed by atoms with Crippen LogP contribution in [0.15, 0.2) is 59.7 Å². The highest BCUT2D eigenvalue weighted by Crippen LogP contribution is 2.40. The van der Waals surface area contributed by atoms with Gasteiger partial charge in [0.05, 0.1) is 22.6 Å². The maximum Gasteiger partial charge on any atom is 0.163 e. The van der Waals surface area contributed by atoms with E-state index in [1.54, 1.807) is 24.7 Å². The Morgan fingerprint density at radius 2 is 1.97 bits per heavy atom. The molecule has 0 amide bonds. The Morgan fingerprint density at radius 1 is 1.17 bits per heavy atom. The molecule has 7 nitrogen and oxygen atoms in total. The van der Waals surface area contributed by atoms with Crippen LogP contribution in [0.2, 0.25) is 5.02 Å². The minimum atomic E-state index is -1.17. The molecule has 0 saturated carbocycles. The third-order valence-corrected chi connectivity index (χ3v) is 6.48. The number of hydrogen-bond donors (Lipinski definition) is 3. The quantitative estimate of drug-likeness (QED) is 0.367. The van der Waals surface area contributed by atoms with Crippen molar-refractivity contribution in [3.63, 3.8) is 0 Å². The molecule has 0 fully saturated rings. The molecule has 1 unspecified atom stereocenters. The summed E-state index contributed by atoms with van der Waals surface area (Å²) in [4.78, 5) is 10.9. The Kier molecular flexibility index (Phi) is 6.73. The third kappa shape index (κ3) is 5.10. The predicted octanol–water partition coefficient (Wildman–Crippen LogP) is 4.20. The number of fused-ring (bicyclic) bond motifs is 1. The van der Waals surface area contributed by atoms with Crippen molar-refractivity contribution in [2.45, 2.75) is 31.7 Å². The van der Waals surface area contributed by atoms with E-state index in [0.29, 0.717) is 28.6 Å². The molecule has 0 spiro atoms. The molecular formula is C27H29ClN6O. The second-order valence-electron chi connectivity index (χ2n) is 9.11. The van der Waals surface area contributed by atoms with Gasteiger partial charge in [-0.2, -0.15) is 0 Å². The number of halogens is 1. The van der Waals surface area contributed by atoms with E-state index in [1.807, 2.05) is 50.5 Å². The lowest BCUT2D eigenvalue weighted by Crippen LogP contribution is -2.39. The van der Waals surface area contributed by atoms with Crippen LogP contribution in [0.3, 0.4) is 0 Å². The van der Waals surface area contributed by atoms with Gasteiger partial charge in [0.25, 0.3) is 0 Å². The van der Waals surface area contributed by atoms with Gasteiger partial charge in [-0.1, -0.05) is 35.6 Å². The zero-order valence-electron chi connectivity index (χ0n) is 20.3. The first kappa shape index (κ1) is 24.6. The Balaban J connectivity index is 1.64. The first-order valence-corrected chi connectivity index (χ1v) is 11.5. The van der Waals surface area contributed by atoms with Crippen LogP contribution >= 0.6 is 11.6 Å². The molecule has 4 rings (SSSR count). The van der Waals surface area contributed by atoms with Crippen LogP contribution in [0.25, 0.3) is 0 Å². The van der Waals surface area contributed by atoms with Gasteiger partial charge in [0, 0.05) is 34.3 Å². The minimum absolute atomic E-state index is 0.300. The van der Waals surface area contributed by atoms with Crippen molar-refractivity contribution in [3.05, 3.63) is 82.1 Å². The van der Waals surface area contributed by atoms with E-state index in [2.05, 4.69) is 45.9 Å². The van der Waals surface area contributed by atoms with Crippen molar-refractivity contribution in [3.8, 4) is 17.6 Å². The predicted molar refractivity (Wildman–Crippen MR) is 143 cm³/mol. The maximum atomic E-state index is 6.83. The van der Waals surface area contributed by atoms with E-state index in [9.17, 15) is 0 Å². The molecule has 0 radical (unpaired) electrons. The first-order valence-electron chi connectivity index (χ1n) is 11.2. The standard InChI is InChI=1S/C27H29ClN6O/c1-26(2,34(3)4)11-10-18-13-24-21(15-23(18)29)27(30,33-17-32-24)19-8-9-25(22(28)14-19)35-16-20-7-5-6-12-31-20/h5-9,12-15,17H,16,29-30H2,1-4H3,(H,32,33). The smallest absolute Gasteiger partial charge is 0.163 e. The first-order chi connectivity index (χ1) is 16.6. The highest BCUT2D eigenvalue weighted by molar-refractivity contribution is 6.32. The molecule has 1 aliphatic rings. The number of anilines is 2. The lowest BCUT2D eigenvalue weighted by molar-refractivity contribution is 0.263. The summed E-state index contributed by atoms with van der Waals surface area (Å²) in [5.74, 6) is 7.03. The number of hydrogen-bond acceptors (Lipinski definition) is 7. The summed E-state index contributed by atoms with van der Waals surface area (Å²) < 4.78 is 5.85. The Morgan fingerprint density at radius 3 is 2.66 bits per heavy atom. The summed E-state index contributed by atoms with van der Waals surface area (Å²) in [7, 11) is 3.98. The van der Waals surface area contributed by atoms with Gasteiger partial charge in [0.1, 0.15) is 12.4 Å². The van der Waals surface area contributed by atoms with Gasteiger partial charge in [-0.25, -0.2) is 4.99 Å². The molecule has 8 heteroatoms. The fourth-order valence-corrected chi connectivity index (χ4v) is 3.72. The summed E-state index contributed by atoms with van der Waals surface area (Å²) in [6, 6.07) is 14.8. The van der Waals surface area contributed by atoms with Crippen molar-refractivity contribution >= 4 is 29.3 Å². The van der Waals surface area contributed by atoms with E-state index < -0.39 is 5.66 Å². The van der Waals surface area contributed by atoms with E-state index in [4.69, 9.17) is 27.8 Å². The molecule has 1 aliphatic heterocycles. The van der Waals surface area contributed by atoms with Crippen LogP contribution in [0.5, 0.6) is 5.75 Å². The highest BCUT2D eigenvalue weighted by atomic mass is 35.5. The van der Waals surface area contributed by atoms with Gasteiger partial charge in [-0.3, -0.25) is 15.6 Å². The number of pyridine rings is 1. The number of rotatable bonds is 5. The highest BCUT2D eigenvalue weighted by Gasteiger charge is 2.34. The van der Waals surface area contributed by atoms with Crippen LogP contribution in [-0.2, 0) is 12.3 Å². The van der Waals surface area contributed by atoms with Gasteiger partial charge < -0.3 is 15.8 Å². The maximum absolute atomic E-state index is 6.83. The molecule has 3 aromatic rings. The number of nitrogens with one attached hydrogen (secondary N) is 1. The van der Waals surface area contributed by atoms with Gasteiger partial charge in [-0.05, 0) is 64.3 Å².